The standard InChI is InChI=1S/C64H123NO5/c1-3-5-7-9-11-13-15-17-18-19-27-30-33-36-40-44-48-52-56-62(67)61(60-66)65-63(68)57-53-49-45-41-37-34-31-28-25-23-21-20-22-24-26-29-32-35-39-43-47-51-55-59-70-64(69)58-54-50-46-42-38-16-14-12-10-8-6-4-2/h12,14,52,56,61-62,66-67H,3-11,13,15-51,53-55,57-60H2,1-2H3,(H,65,68)/b14-12-,56-52+. The third-order valence-electron chi connectivity index (χ3n) is 14.7. The van der Waals surface area contributed by atoms with E-state index in [0.717, 1.165) is 44.9 Å². The fourth-order valence-corrected chi connectivity index (χ4v) is 9.87. The van der Waals surface area contributed by atoms with Crippen LogP contribution in [0.4, 0.5) is 0 Å². The van der Waals surface area contributed by atoms with Crippen molar-refractivity contribution >= 4 is 11.9 Å². The van der Waals surface area contributed by atoms with Gasteiger partial charge in [-0.15, -0.1) is 0 Å². The molecule has 0 saturated carbocycles. The van der Waals surface area contributed by atoms with Gasteiger partial charge >= 0.3 is 5.97 Å². The van der Waals surface area contributed by atoms with E-state index in [4.69, 9.17) is 4.74 Å². The highest BCUT2D eigenvalue weighted by Crippen LogP contribution is 2.18. The van der Waals surface area contributed by atoms with Crippen LogP contribution in [0.25, 0.3) is 0 Å². The monoisotopic (exact) mass is 986 g/mol. The Morgan fingerprint density at radius 1 is 0.386 bits per heavy atom. The third kappa shape index (κ3) is 55.7. The Morgan fingerprint density at radius 3 is 1.04 bits per heavy atom. The minimum Gasteiger partial charge on any atom is -0.466 e. The number of aliphatic hydroxyl groups excluding tert-OH is 2. The molecule has 0 rings (SSSR count). The molecule has 2 atom stereocenters. The van der Waals surface area contributed by atoms with Crippen molar-refractivity contribution < 1.29 is 24.5 Å². The number of unbranched alkanes of at least 4 members (excludes halogenated alkanes) is 46. The van der Waals surface area contributed by atoms with Crippen molar-refractivity contribution in [3.8, 4) is 0 Å². The number of hydrogen-bond acceptors (Lipinski definition) is 5. The summed E-state index contributed by atoms with van der Waals surface area (Å²) in [5.74, 6) is -0.0607. The minimum absolute atomic E-state index is 0.00412. The van der Waals surface area contributed by atoms with Crippen molar-refractivity contribution in [2.75, 3.05) is 13.2 Å². The van der Waals surface area contributed by atoms with Gasteiger partial charge < -0.3 is 20.3 Å². The number of allylic oxidation sites excluding steroid dienone is 3. The number of nitrogens with one attached hydrogen (secondary N) is 1. The Balaban J connectivity index is 3.40. The van der Waals surface area contributed by atoms with Crippen LogP contribution < -0.4 is 5.32 Å². The Bertz CT molecular complexity index is 1090. The van der Waals surface area contributed by atoms with Gasteiger partial charge in [0.1, 0.15) is 0 Å². The van der Waals surface area contributed by atoms with E-state index in [1.54, 1.807) is 6.08 Å². The summed E-state index contributed by atoms with van der Waals surface area (Å²) in [6.07, 6.45) is 73.6. The van der Waals surface area contributed by atoms with Gasteiger partial charge in [0, 0.05) is 12.8 Å². The highest BCUT2D eigenvalue weighted by atomic mass is 16.5. The van der Waals surface area contributed by atoms with Gasteiger partial charge in [0.15, 0.2) is 0 Å². The van der Waals surface area contributed by atoms with Gasteiger partial charge in [0.2, 0.25) is 5.91 Å². The topological polar surface area (TPSA) is 95.9 Å². The number of hydrogen-bond donors (Lipinski definition) is 3. The summed E-state index contributed by atoms with van der Waals surface area (Å²) in [7, 11) is 0. The predicted molar refractivity (Wildman–Crippen MR) is 306 cm³/mol. The maximum atomic E-state index is 12.5. The number of amides is 1. The van der Waals surface area contributed by atoms with Gasteiger partial charge in [-0.3, -0.25) is 9.59 Å². The molecule has 6 nitrogen and oxygen atoms in total. The first kappa shape index (κ1) is 68.3. The molecular formula is C64H123NO5. The second kappa shape index (κ2) is 59.9. The van der Waals surface area contributed by atoms with Crippen LogP contribution in [-0.2, 0) is 14.3 Å². The molecule has 0 fully saturated rings. The van der Waals surface area contributed by atoms with Crippen LogP contribution >= 0.6 is 0 Å². The average Bonchev–Trinajstić information content (AvgIpc) is 3.36. The zero-order valence-corrected chi connectivity index (χ0v) is 47.3. The van der Waals surface area contributed by atoms with E-state index in [1.807, 2.05) is 6.08 Å². The molecule has 70 heavy (non-hydrogen) atoms. The van der Waals surface area contributed by atoms with Gasteiger partial charge in [-0.2, -0.15) is 0 Å². The first-order valence-electron chi connectivity index (χ1n) is 31.6. The van der Waals surface area contributed by atoms with Crippen LogP contribution in [0.5, 0.6) is 0 Å². The molecule has 0 aromatic heterocycles. The zero-order valence-electron chi connectivity index (χ0n) is 47.3. The molecule has 0 heterocycles. The first-order chi connectivity index (χ1) is 34.5. The highest BCUT2D eigenvalue weighted by Gasteiger charge is 2.18. The van der Waals surface area contributed by atoms with Crippen LogP contribution in [0.15, 0.2) is 24.3 Å². The Morgan fingerprint density at radius 2 is 0.671 bits per heavy atom. The molecule has 2 unspecified atom stereocenters. The predicted octanol–water partition coefficient (Wildman–Crippen LogP) is 19.8. The van der Waals surface area contributed by atoms with Crippen molar-refractivity contribution in [2.45, 2.75) is 360 Å². The van der Waals surface area contributed by atoms with Crippen molar-refractivity contribution in [2.24, 2.45) is 0 Å². The van der Waals surface area contributed by atoms with Gasteiger partial charge in [-0.05, 0) is 57.8 Å². The van der Waals surface area contributed by atoms with E-state index >= 15 is 0 Å². The molecule has 0 bridgehead atoms. The van der Waals surface area contributed by atoms with Crippen LogP contribution in [-0.4, -0.2) is 47.4 Å². The molecule has 3 N–H and O–H groups in total. The fraction of sp³-hybridized carbons (Fsp3) is 0.906. The van der Waals surface area contributed by atoms with Crippen molar-refractivity contribution in [1.82, 2.24) is 5.32 Å². The summed E-state index contributed by atoms with van der Waals surface area (Å²) < 4.78 is 5.47. The second-order valence-corrected chi connectivity index (χ2v) is 21.7. The highest BCUT2D eigenvalue weighted by molar-refractivity contribution is 5.76. The number of ether oxygens (including phenoxy) is 1. The molecule has 0 aliphatic heterocycles. The van der Waals surface area contributed by atoms with Crippen LogP contribution in [0.3, 0.4) is 0 Å². The lowest BCUT2D eigenvalue weighted by Crippen LogP contribution is -2.45. The Labute approximate surface area is 437 Å². The number of carbonyl (C=O) groups is 2. The van der Waals surface area contributed by atoms with E-state index in [1.165, 1.54) is 276 Å². The van der Waals surface area contributed by atoms with E-state index in [-0.39, 0.29) is 18.5 Å². The fourth-order valence-electron chi connectivity index (χ4n) is 9.87. The number of aliphatic hydroxyl groups is 2. The molecule has 6 heteroatoms. The Hall–Kier alpha value is -1.66. The lowest BCUT2D eigenvalue weighted by molar-refractivity contribution is -0.143. The van der Waals surface area contributed by atoms with Crippen LogP contribution in [0.1, 0.15) is 348 Å². The second-order valence-electron chi connectivity index (χ2n) is 21.7. The first-order valence-corrected chi connectivity index (χ1v) is 31.6. The van der Waals surface area contributed by atoms with Gasteiger partial charge in [-0.25, -0.2) is 0 Å². The van der Waals surface area contributed by atoms with E-state index in [9.17, 15) is 19.8 Å². The maximum absolute atomic E-state index is 12.5. The molecular weight excluding hydrogens is 863 g/mol. The van der Waals surface area contributed by atoms with E-state index < -0.39 is 12.1 Å². The molecule has 0 spiro atoms. The smallest absolute Gasteiger partial charge is 0.305 e. The zero-order chi connectivity index (χ0) is 50.7. The summed E-state index contributed by atoms with van der Waals surface area (Å²) in [6.45, 7) is 4.90. The number of carbonyl (C=O) groups excluding carboxylic acids is 2. The van der Waals surface area contributed by atoms with Crippen molar-refractivity contribution in [3.05, 3.63) is 24.3 Å². The normalized spacial score (nSPS) is 12.7. The van der Waals surface area contributed by atoms with Crippen LogP contribution in [0.2, 0.25) is 0 Å². The lowest BCUT2D eigenvalue weighted by Gasteiger charge is -2.20. The summed E-state index contributed by atoms with van der Waals surface area (Å²) in [5.41, 5.74) is 0. The third-order valence-corrected chi connectivity index (χ3v) is 14.7. The van der Waals surface area contributed by atoms with Gasteiger partial charge in [0.25, 0.3) is 0 Å². The van der Waals surface area contributed by atoms with Gasteiger partial charge in [-0.1, -0.05) is 301 Å². The SMILES string of the molecule is CCCCC/C=C\CCCCCCCC(=O)OCCCCCCCCCCCCCCCCCCCCCCCCCC(=O)NC(CO)C(O)/C=C/CCCCCCCCCCCCCCCCCC. The number of rotatable bonds is 59. The van der Waals surface area contributed by atoms with Gasteiger partial charge in [0.05, 0.1) is 25.4 Å². The van der Waals surface area contributed by atoms with E-state index in [0.29, 0.717) is 19.4 Å². The lowest BCUT2D eigenvalue weighted by atomic mass is 10.0. The van der Waals surface area contributed by atoms with Crippen molar-refractivity contribution in [1.29, 1.82) is 0 Å². The van der Waals surface area contributed by atoms with E-state index in [2.05, 4.69) is 31.3 Å². The molecule has 0 saturated heterocycles. The van der Waals surface area contributed by atoms with Crippen LogP contribution in [0, 0.1) is 0 Å². The minimum atomic E-state index is -0.844. The summed E-state index contributed by atoms with van der Waals surface area (Å²) >= 11 is 0. The molecule has 1 amide bonds. The molecule has 414 valence electrons. The summed E-state index contributed by atoms with van der Waals surface area (Å²) in [5, 5.41) is 23.2. The quantitative estimate of drug-likeness (QED) is 0.0321. The molecule has 0 aromatic rings. The summed E-state index contributed by atoms with van der Waals surface area (Å²) in [4.78, 5) is 24.5. The Kier molecular flexibility index (Phi) is 58.5. The maximum Gasteiger partial charge on any atom is 0.305 e. The number of esters is 1. The summed E-state index contributed by atoms with van der Waals surface area (Å²) in [6, 6.07) is -0.627. The largest absolute Gasteiger partial charge is 0.466 e. The molecule has 0 aliphatic carbocycles. The molecule has 0 aromatic carbocycles. The van der Waals surface area contributed by atoms with Crippen molar-refractivity contribution in [3.63, 3.8) is 0 Å². The molecule has 0 aliphatic rings. The average molecular weight is 987 g/mol. The molecule has 0 radical (unpaired) electrons.